The van der Waals surface area contributed by atoms with Crippen LogP contribution in [0.15, 0.2) is 158 Å². The van der Waals surface area contributed by atoms with Gasteiger partial charge in [-0.05, 0) is 135 Å². The summed E-state index contributed by atoms with van der Waals surface area (Å²) in [5.74, 6) is -1.09. The molecule has 69 heavy (non-hydrogen) atoms. The van der Waals surface area contributed by atoms with Crippen molar-refractivity contribution in [2.24, 2.45) is 0 Å². The first-order chi connectivity index (χ1) is 34.0. The lowest BCUT2D eigenvalue weighted by Gasteiger charge is -2.18. The topological polar surface area (TPSA) is 78.9 Å². The lowest BCUT2D eigenvalue weighted by molar-refractivity contribution is -0.167. The molecule has 6 nitrogen and oxygen atoms in total. The van der Waals surface area contributed by atoms with E-state index in [1.54, 1.807) is 0 Å². The van der Waals surface area contributed by atoms with Gasteiger partial charge in [0.25, 0.3) is 0 Å². The maximum absolute atomic E-state index is 12.8. The third kappa shape index (κ3) is 53.8. The Morgan fingerprint density at radius 2 is 0.580 bits per heavy atom. The predicted molar refractivity (Wildman–Crippen MR) is 297 cm³/mol. The average Bonchev–Trinajstić information content (AvgIpc) is 3.35. The van der Waals surface area contributed by atoms with E-state index in [9.17, 15) is 14.4 Å². The molecule has 6 heteroatoms. The lowest BCUT2D eigenvalue weighted by Crippen LogP contribution is -2.30. The van der Waals surface area contributed by atoms with Crippen LogP contribution in [0.5, 0.6) is 0 Å². The highest BCUT2D eigenvalue weighted by atomic mass is 16.6. The summed E-state index contributed by atoms with van der Waals surface area (Å²) < 4.78 is 16.7. The van der Waals surface area contributed by atoms with Gasteiger partial charge in [-0.1, -0.05) is 204 Å². The number of carbonyl (C=O) groups excluding carboxylic acids is 3. The van der Waals surface area contributed by atoms with E-state index < -0.39 is 12.1 Å². The van der Waals surface area contributed by atoms with Gasteiger partial charge in [0, 0.05) is 19.3 Å². The molecule has 0 aliphatic heterocycles. The van der Waals surface area contributed by atoms with Crippen LogP contribution in [0.1, 0.15) is 201 Å². The summed E-state index contributed by atoms with van der Waals surface area (Å²) >= 11 is 0. The SMILES string of the molecule is CC/C=C\C/C=C\C/C=C\C/C=C\C/C=C\CCCC(=O)OC[C@H](COC(=O)CCCCCC/C=C\C/C=C\C/C=C\CCCCC)OC(=O)CCC/C=C\C/C=C\C/C=C\C/C=C\C/C=C\CC. The first-order valence-corrected chi connectivity index (χ1v) is 27.0. The second-order valence-electron chi connectivity index (χ2n) is 17.0. The molecule has 0 aromatic heterocycles. The van der Waals surface area contributed by atoms with Crippen LogP contribution < -0.4 is 0 Å². The largest absolute Gasteiger partial charge is 0.462 e. The van der Waals surface area contributed by atoms with E-state index in [4.69, 9.17) is 14.2 Å². The molecule has 0 spiro atoms. The van der Waals surface area contributed by atoms with Gasteiger partial charge in [0.15, 0.2) is 6.10 Å². The van der Waals surface area contributed by atoms with Gasteiger partial charge in [-0.25, -0.2) is 0 Å². The molecule has 0 saturated carbocycles. The van der Waals surface area contributed by atoms with E-state index in [2.05, 4.69) is 179 Å². The van der Waals surface area contributed by atoms with Crippen LogP contribution in [-0.4, -0.2) is 37.2 Å². The zero-order chi connectivity index (χ0) is 50.0. The molecule has 0 N–H and O–H groups in total. The second kappa shape index (κ2) is 55.6. The Balaban J connectivity index is 4.65. The number of unbranched alkanes of at least 4 members (excludes halogenated alkanes) is 9. The van der Waals surface area contributed by atoms with Crippen molar-refractivity contribution in [2.45, 2.75) is 207 Å². The molecule has 0 amide bonds. The second-order valence-corrected chi connectivity index (χ2v) is 17.0. The molecule has 0 unspecified atom stereocenters. The van der Waals surface area contributed by atoms with Crippen molar-refractivity contribution in [3.05, 3.63) is 158 Å². The molecule has 384 valence electrons. The Morgan fingerprint density at radius 3 is 0.928 bits per heavy atom. The zero-order valence-corrected chi connectivity index (χ0v) is 43.8. The molecular formula is C63H96O6. The number of hydrogen-bond donors (Lipinski definition) is 0. The molecule has 0 aromatic carbocycles. The number of allylic oxidation sites excluding steroid dienone is 26. The first kappa shape index (κ1) is 64.0. The Kier molecular flexibility index (Phi) is 51.6. The van der Waals surface area contributed by atoms with Crippen LogP contribution in [0.3, 0.4) is 0 Å². The molecule has 0 fully saturated rings. The van der Waals surface area contributed by atoms with Crippen molar-refractivity contribution < 1.29 is 28.6 Å². The van der Waals surface area contributed by atoms with E-state index in [0.29, 0.717) is 19.3 Å². The van der Waals surface area contributed by atoms with Gasteiger partial charge in [0.05, 0.1) is 0 Å². The molecule has 0 aliphatic carbocycles. The van der Waals surface area contributed by atoms with E-state index in [1.165, 1.54) is 25.7 Å². The normalized spacial score (nSPS) is 13.4. The van der Waals surface area contributed by atoms with Crippen molar-refractivity contribution in [3.8, 4) is 0 Å². The van der Waals surface area contributed by atoms with Crippen molar-refractivity contribution in [1.29, 1.82) is 0 Å². The Bertz CT molecular complexity index is 1610. The highest BCUT2D eigenvalue weighted by Gasteiger charge is 2.19. The summed E-state index contributed by atoms with van der Waals surface area (Å²) in [4.78, 5) is 38.1. The predicted octanol–water partition coefficient (Wildman–Crippen LogP) is 18.2. The molecule has 0 heterocycles. The summed E-state index contributed by atoms with van der Waals surface area (Å²) in [7, 11) is 0. The molecule has 0 rings (SSSR count). The van der Waals surface area contributed by atoms with E-state index in [-0.39, 0.29) is 38.0 Å². The Labute approximate surface area is 422 Å². The van der Waals surface area contributed by atoms with Gasteiger partial charge in [0.2, 0.25) is 0 Å². The smallest absolute Gasteiger partial charge is 0.306 e. The van der Waals surface area contributed by atoms with Gasteiger partial charge < -0.3 is 14.2 Å². The first-order valence-electron chi connectivity index (χ1n) is 27.0. The van der Waals surface area contributed by atoms with Gasteiger partial charge in [0.1, 0.15) is 13.2 Å². The number of ether oxygens (including phenoxy) is 3. The molecule has 0 bridgehead atoms. The molecule has 1 atom stereocenters. The summed E-state index contributed by atoms with van der Waals surface area (Å²) in [5, 5.41) is 0. The maximum atomic E-state index is 12.8. The van der Waals surface area contributed by atoms with E-state index in [1.807, 2.05) is 0 Å². The monoisotopic (exact) mass is 949 g/mol. The van der Waals surface area contributed by atoms with Crippen molar-refractivity contribution in [1.82, 2.24) is 0 Å². The van der Waals surface area contributed by atoms with Gasteiger partial charge in [-0.3, -0.25) is 14.4 Å². The summed E-state index contributed by atoms with van der Waals surface area (Å²) in [6, 6.07) is 0. The fourth-order valence-electron chi connectivity index (χ4n) is 6.52. The number of carbonyl (C=O) groups is 3. The fraction of sp³-hybridized carbons (Fsp3) is 0.540. The van der Waals surface area contributed by atoms with Gasteiger partial charge in [-0.2, -0.15) is 0 Å². The van der Waals surface area contributed by atoms with E-state index >= 15 is 0 Å². The van der Waals surface area contributed by atoms with Crippen LogP contribution >= 0.6 is 0 Å². The quantitative estimate of drug-likeness (QED) is 0.0262. The average molecular weight is 949 g/mol. The summed E-state index contributed by atoms with van der Waals surface area (Å²) in [6.45, 7) is 6.24. The number of rotatable bonds is 46. The van der Waals surface area contributed by atoms with Crippen molar-refractivity contribution in [3.63, 3.8) is 0 Å². The minimum atomic E-state index is -0.848. The third-order valence-electron chi connectivity index (χ3n) is 10.5. The molecule has 0 radical (unpaired) electrons. The van der Waals surface area contributed by atoms with Crippen LogP contribution in [0.25, 0.3) is 0 Å². The third-order valence-corrected chi connectivity index (χ3v) is 10.5. The minimum absolute atomic E-state index is 0.138. The lowest BCUT2D eigenvalue weighted by atomic mass is 10.1. The zero-order valence-electron chi connectivity index (χ0n) is 43.8. The van der Waals surface area contributed by atoms with Crippen LogP contribution in [-0.2, 0) is 28.6 Å². The Morgan fingerprint density at radius 1 is 0.304 bits per heavy atom. The summed E-state index contributed by atoms with van der Waals surface area (Å²) in [6.07, 6.45) is 80.9. The van der Waals surface area contributed by atoms with Crippen LogP contribution in [0.4, 0.5) is 0 Å². The fourth-order valence-corrected chi connectivity index (χ4v) is 6.52. The van der Waals surface area contributed by atoms with Gasteiger partial charge >= 0.3 is 17.9 Å². The standard InChI is InChI=1S/C63H96O6/c1-4-7-10-13-16-19-22-25-28-31-34-37-40-43-46-49-52-55-61(64)67-58-60(69-63(66)57-54-51-48-45-42-39-36-33-30-27-24-21-18-15-12-9-6-3)59-68-62(65)56-53-50-47-44-41-38-35-32-29-26-23-20-17-14-11-8-5-2/h7,9-10,12,16-21,25-30,34-39,43,45-46,48,60H,4-6,8,11,13-15,22-24,31-33,40-42,44,47,49-59H2,1-3H3/b10-7-,12-9-,19-16-,20-17-,21-18-,28-25-,29-26-,30-27-,37-34-,38-35-,39-36-,46-43-,48-45-/t60-/m1/s1. The summed E-state index contributed by atoms with van der Waals surface area (Å²) in [5.41, 5.74) is 0. The molecule has 0 aromatic rings. The minimum Gasteiger partial charge on any atom is -0.462 e. The number of esters is 3. The van der Waals surface area contributed by atoms with Crippen molar-refractivity contribution >= 4 is 17.9 Å². The van der Waals surface area contributed by atoms with Gasteiger partial charge in [-0.15, -0.1) is 0 Å². The highest BCUT2D eigenvalue weighted by molar-refractivity contribution is 5.71. The maximum Gasteiger partial charge on any atom is 0.306 e. The van der Waals surface area contributed by atoms with Crippen LogP contribution in [0, 0.1) is 0 Å². The van der Waals surface area contributed by atoms with Crippen LogP contribution in [0.2, 0.25) is 0 Å². The Hall–Kier alpha value is -4.97. The van der Waals surface area contributed by atoms with Crippen molar-refractivity contribution in [2.75, 3.05) is 13.2 Å². The highest BCUT2D eigenvalue weighted by Crippen LogP contribution is 2.10. The molecule has 0 saturated heterocycles. The molecule has 0 aliphatic rings. The van der Waals surface area contributed by atoms with E-state index in [0.717, 1.165) is 122 Å². The number of hydrogen-bond acceptors (Lipinski definition) is 6. The molecular weight excluding hydrogens is 853 g/mol.